The van der Waals surface area contributed by atoms with Crippen LogP contribution in [0.15, 0.2) is 55.0 Å². The van der Waals surface area contributed by atoms with Crippen LogP contribution in [-0.4, -0.2) is 32.9 Å². The predicted molar refractivity (Wildman–Crippen MR) is 91.0 cm³/mol. The number of rotatable bonds is 3. The van der Waals surface area contributed by atoms with E-state index in [1.165, 1.54) is 24.1 Å². The highest BCUT2D eigenvalue weighted by molar-refractivity contribution is 5.74. The third-order valence-electron chi connectivity index (χ3n) is 4.63. The lowest BCUT2D eigenvalue weighted by Gasteiger charge is -2.31. The maximum atomic E-state index is 4.51. The second-order valence-electron chi connectivity index (χ2n) is 6.18. The highest BCUT2D eigenvalue weighted by atomic mass is 15.1. The van der Waals surface area contributed by atoms with Crippen molar-refractivity contribution in [2.45, 2.75) is 25.3 Å². The van der Waals surface area contributed by atoms with E-state index in [2.05, 4.69) is 50.2 Å². The van der Waals surface area contributed by atoms with Gasteiger partial charge in [-0.3, -0.25) is 19.9 Å². The molecule has 0 saturated carbocycles. The average Bonchev–Trinajstić information content (AvgIpc) is 2.63. The van der Waals surface area contributed by atoms with Crippen molar-refractivity contribution in [1.82, 2.24) is 19.9 Å². The molecule has 116 valence electrons. The Bertz CT molecular complexity index is 779. The van der Waals surface area contributed by atoms with Crippen molar-refractivity contribution in [3.8, 4) is 0 Å². The van der Waals surface area contributed by atoms with E-state index in [0.717, 1.165) is 30.7 Å². The van der Waals surface area contributed by atoms with Gasteiger partial charge in [-0.1, -0.05) is 12.1 Å². The molecule has 1 saturated heterocycles. The Kier molecular flexibility index (Phi) is 3.99. The van der Waals surface area contributed by atoms with Crippen molar-refractivity contribution in [2.24, 2.45) is 0 Å². The van der Waals surface area contributed by atoms with Gasteiger partial charge in [0.05, 0.1) is 11.0 Å². The van der Waals surface area contributed by atoms with Gasteiger partial charge in [0.25, 0.3) is 0 Å². The first-order valence-electron chi connectivity index (χ1n) is 8.21. The Hall–Kier alpha value is -2.33. The number of likely N-dealkylation sites (tertiary alicyclic amines) is 1. The number of hydrogen-bond acceptors (Lipinski definition) is 4. The summed E-state index contributed by atoms with van der Waals surface area (Å²) in [6.07, 6.45) is 7.77. The number of benzene rings is 1. The zero-order valence-corrected chi connectivity index (χ0v) is 13.1. The van der Waals surface area contributed by atoms with Gasteiger partial charge >= 0.3 is 0 Å². The van der Waals surface area contributed by atoms with E-state index < -0.39 is 0 Å². The summed E-state index contributed by atoms with van der Waals surface area (Å²) < 4.78 is 0. The molecule has 0 unspecified atom stereocenters. The van der Waals surface area contributed by atoms with Gasteiger partial charge in [-0.05, 0) is 55.8 Å². The lowest BCUT2D eigenvalue weighted by atomic mass is 9.93. The zero-order valence-electron chi connectivity index (χ0n) is 13.1. The third-order valence-corrected chi connectivity index (χ3v) is 4.63. The summed E-state index contributed by atoms with van der Waals surface area (Å²) in [6.45, 7) is 3.24. The Morgan fingerprint density at radius 3 is 2.48 bits per heavy atom. The van der Waals surface area contributed by atoms with E-state index in [1.54, 1.807) is 12.4 Å². The van der Waals surface area contributed by atoms with Crippen LogP contribution in [0, 0.1) is 0 Å². The van der Waals surface area contributed by atoms with Gasteiger partial charge in [-0.15, -0.1) is 0 Å². The Morgan fingerprint density at radius 2 is 1.70 bits per heavy atom. The van der Waals surface area contributed by atoms with Crippen molar-refractivity contribution >= 4 is 11.0 Å². The predicted octanol–water partition coefficient (Wildman–Crippen LogP) is 3.40. The van der Waals surface area contributed by atoms with Gasteiger partial charge in [0, 0.05) is 36.7 Å². The van der Waals surface area contributed by atoms with Gasteiger partial charge in [-0.25, -0.2) is 0 Å². The molecular weight excluding hydrogens is 284 g/mol. The molecule has 1 aromatic carbocycles. The molecule has 2 aromatic heterocycles. The fourth-order valence-corrected chi connectivity index (χ4v) is 3.37. The number of aromatic nitrogens is 3. The molecule has 0 aliphatic carbocycles. The van der Waals surface area contributed by atoms with Crippen LogP contribution in [0.25, 0.3) is 11.0 Å². The normalized spacial score (nSPS) is 16.7. The first-order chi connectivity index (χ1) is 11.4. The van der Waals surface area contributed by atoms with Crippen LogP contribution in [-0.2, 0) is 6.54 Å². The molecule has 1 aliphatic rings. The first-order valence-corrected chi connectivity index (χ1v) is 8.21. The summed E-state index contributed by atoms with van der Waals surface area (Å²) in [5.74, 6) is 0.606. The molecule has 4 nitrogen and oxygen atoms in total. The lowest BCUT2D eigenvalue weighted by molar-refractivity contribution is 0.203. The lowest BCUT2D eigenvalue weighted by Crippen LogP contribution is -2.32. The number of piperidine rings is 1. The Labute approximate surface area is 136 Å². The van der Waals surface area contributed by atoms with Crippen LogP contribution >= 0.6 is 0 Å². The highest BCUT2D eigenvalue weighted by Crippen LogP contribution is 2.27. The Morgan fingerprint density at radius 1 is 0.870 bits per heavy atom. The molecule has 1 aliphatic heterocycles. The van der Waals surface area contributed by atoms with Crippen molar-refractivity contribution in [2.75, 3.05) is 13.1 Å². The molecule has 0 atom stereocenters. The van der Waals surface area contributed by atoms with Gasteiger partial charge in [0.15, 0.2) is 0 Å². The fourth-order valence-electron chi connectivity index (χ4n) is 3.37. The maximum absolute atomic E-state index is 4.51. The van der Waals surface area contributed by atoms with Crippen LogP contribution in [0.3, 0.4) is 0 Å². The third kappa shape index (κ3) is 3.22. The van der Waals surface area contributed by atoms with Crippen molar-refractivity contribution < 1.29 is 0 Å². The molecule has 0 amide bonds. The molecule has 4 rings (SSSR count). The van der Waals surface area contributed by atoms with Gasteiger partial charge in [0.2, 0.25) is 0 Å². The fraction of sp³-hybridized carbons (Fsp3) is 0.316. The molecule has 0 spiro atoms. The second-order valence-corrected chi connectivity index (χ2v) is 6.18. The van der Waals surface area contributed by atoms with Gasteiger partial charge < -0.3 is 0 Å². The largest absolute Gasteiger partial charge is 0.299 e. The molecule has 0 N–H and O–H groups in total. The minimum absolute atomic E-state index is 0.606. The van der Waals surface area contributed by atoms with Crippen LogP contribution < -0.4 is 0 Å². The smallest absolute Gasteiger partial charge is 0.0890 e. The summed E-state index contributed by atoms with van der Waals surface area (Å²) in [7, 11) is 0. The minimum Gasteiger partial charge on any atom is -0.299 e. The van der Waals surface area contributed by atoms with Crippen LogP contribution in [0.2, 0.25) is 0 Å². The minimum atomic E-state index is 0.606. The first kappa shape index (κ1) is 14.3. The molecule has 0 bridgehead atoms. The average molecular weight is 304 g/mol. The van der Waals surface area contributed by atoms with E-state index in [9.17, 15) is 0 Å². The molecule has 23 heavy (non-hydrogen) atoms. The summed E-state index contributed by atoms with van der Waals surface area (Å²) >= 11 is 0. The standard InChI is InChI=1S/C19H20N4/c1-2-8-20-17(3-1)16-6-11-23(12-7-16)14-15-4-5-18-19(13-15)22-10-9-21-18/h1-5,8-10,13,16H,6-7,11-12,14H2. The van der Waals surface area contributed by atoms with E-state index in [-0.39, 0.29) is 0 Å². The molecule has 0 radical (unpaired) electrons. The maximum Gasteiger partial charge on any atom is 0.0890 e. The number of nitrogens with zero attached hydrogens (tertiary/aromatic N) is 4. The van der Waals surface area contributed by atoms with Crippen LogP contribution in [0.5, 0.6) is 0 Å². The summed E-state index contributed by atoms with van der Waals surface area (Å²) in [5.41, 5.74) is 4.50. The van der Waals surface area contributed by atoms with E-state index in [4.69, 9.17) is 0 Å². The van der Waals surface area contributed by atoms with Crippen molar-refractivity contribution in [3.05, 3.63) is 66.2 Å². The Balaban J connectivity index is 1.40. The molecule has 3 heterocycles. The topological polar surface area (TPSA) is 41.9 Å². The highest BCUT2D eigenvalue weighted by Gasteiger charge is 2.21. The molecular formula is C19H20N4. The number of pyridine rings is 1. The quantitative estimate of drug-likeness (QED) is 0.743. The van der Waals surface area contributed by atoms with E-state index in [1.807, 2.05) is 12.3 Å². The van der Waals surface area contributed by atoms with Crippen molar-refractivity contribution in [1.29, 1.82) is 0 Å². The molecule has 1 fully saturated rings. The monoisotopic (exact) mass is 304 g/mol. The molecule has 3 aromatic rings. The molecule has 4 heteroatoms. The summed E-state index contributed by atoms with van der Waals surface area (Å²) in [5, 5.41) is 0. The zero-order chi connectivity index (χ0) is 15.5. The van der Waals surface area contributed by atoms with Gasteiger partial charge in [0.1, 0.15) is 0 Å². The summed E-state index contributed by atoms with van der Waals surface area (Å²) in [6, 6.07) is 12.6. The van der Waals surface area contributed by atoms with Crippen LogP contribution in [0.1, 0.15) is 30.0 Å². The van der Waals surface area contributed by atoms with E-state index >= 15 is 0 Å². The summed E-state index contributed by atoms with van der Waals surface area (Å²) in [4.78, 5) is 15.8. The van der Waals surface area contributed by atoms with E-state index in [0.29, 0.717) is 5.92 Å². The van der Waals surface area contributed by atoms with Gasteiger partial charge in [-0.2, -0.15) is 0 Å². The number of fused-ring (bicyclic) bond motifs is 1. The number of hydrogen-bond donors (Lipinski definition) is 0. The SMILES string of the molecule is c1ccc(C2CCN(Cc3ccc4nccnc4c3)CC2)nc1. The second kappa shape index (κ2) is 6.42. The van der Waals surface area contributed by atoms with Crippen molar-refractivity contribution in [3.63, 3.8) is 0 Å². The van der Waals surface area contributed by atoms with Crippen LogP contribution in [0.4, 0.5) is 0 Å².